The summed E-state index contributed by atoms with van der Waals surface area (Å²) in [5.74, 6) is 0. The van der Waals surface area contributed by atoms with E-state index in [2.05, 4.69) is 43.4 Å². The standard InChI is InChI=1S/C12H19N/c1-4-12(13-3)9-11-7-5-10(2)6-8-11/h5-8,12-13H,4,9H2,1-3H3/t12-/m1/s1. The lowest BCUT2D eigenvalue weighted by Crippen LogP contribution is -2.26. The zero-order chi connectivity index (χ0) is 9.68. The highest BCUT2D eigenvalue weighted by molar-refractivity contribution is 5.21. The van der Waals surface area contributed by atoms with Gasteiger partial charge in [0.1, 0.15) is 0 Å². The van der Waals surface area contributed by atoms with Crippen molar-refractivity contribution in [1.82, 2.24) is 5.32 Å². The molecule has 0 fully saturated rings. The highest BCUT2D eigenvalue weighted by atomic mass is 14.9. The van der Waals surface area contributed by atoms with E-state index >= 15 is 0 Å². The molecule has 0 aliphatic rings. The number of hydrogen-bond donors (Lipinski definition) is 1. The van der Waals surface area contributed by atoms with E-state index in [-0.39, 0.29) is 0 Å². The fourth-order valence-electron chi connectivity index (χ4n) is 1.46. The fraction of sp³-hybridized carbons (Fsp3) is 0.500. The van der Waals surface area contributed by atoms with Crippen LogP contribution in [0, 0.1) is 6.92 Å². The van der Waals surface area contributed by atoms with Gasteiger partial charge in [0.05, 0.1) is 0 Å². The van der Waals surface area contributed by atoms with Gasteiger partial charge in [-0.2, -0.15) is 0 Å². The minimum absolute atomic E-state index is 0.614. The van der Waals surface area contributed by atoms with Crippen molar-refractivity contribution in [2.75, 3.05) is 7.05 Å². The summed E-state index contributed by atoms with van der Waals surface area (Å²) in [6, 6.07) is 9.41. The van der Waals surface area contributed by atoms with E-state index in [4.69, 9.17) is 0 Å². The Morgan fingerprint density at radius 3 is 2.31 bits per heavy atom. The lowest BCUT2D eigenvalue weighted by atomic mass is 10.0. The number of aryl methyl sites for hydroxylation is 1. The summed E-state index contributed by atoms with van der Waals surface area (Å²) in [7, 11) is 2.03. The monoisotopic (exact) mass is 177 g/mol. The van der Waals surface area contributed by atoms with Gasteiger partial charge >= 0.3 is 0 Å². The maximum absolute atomic E-state index is 3.31. The molecule has 1 atom stereocenters. The Bertz CT molecular complexity index is 234. The summed E-state index contributed by atoms with van der Waals surface area (Å²) in [5, 5.41) is 3.31. The molecule has 1 nitrogen and oxygen atoms in total. The van der Waals surface area contributed by atoms with Gasteiger partial charge in [-0.1, -0.05) is 36.8 Å². The Hall–Kier alpha value is -0.820. The Kier molecular flexibility index (Phi) is 3.97. The van der Waals surface area contributed by atoms with E-state index in [1.54, 1.807) is 0 Å². The molecule has 0 unspecified atom stereocenters. The summed E-state index contributed by atoms with van der Waals surface area (Å²) in [4.78, 5) is 0. The first-order valence-corrected chi connectivity index (χ1v) is 4.99. The van der Waals surface area contributed by atoms with Crippen LogP contribution in [-0.4, -0.2) is 13.1 Å². The molecule has 0 aliphatic carbocycles. The van der Waals surface area contributed by atoms with Crippen LogP contribution in [0.15, 0.2) is 24.3 Å². The number of nitrogens with one attached hydrogen (secondary N) is 1. The molecule has 0 amide bonds. The predicted molar refractivity (Wildman–Crippen MR) is 58.0 cm³/mol. The minimum Gasteiger partial charge on any atom is -0.317 e. The zero-order valence-corrected chi connectivity index (χ0v) is 8.80. The summed E-state index contributed by atoms with van der Waals surface area (Å²) >= 11 is 0. The first-order valence-electron chi connectivity index (χ1n) is 4.99. The van der Waals surface area contributed by atoms with Crippen LogP contribution in [-0.2, 0) is 6.42 Å². The largest absolute Gasteiger partial charge is 0.317 e. The molecule has 13 heavy (non-hydrogen) atoms. The molecular weight excluding hydrogens is 158 g/mol. The smallest absolute Gasteiger partial charge is 0.0102 e. The summed E-state index contributed by atoms with van der Waals surface area (Å²) in [6.45, 7) is 4.34. The lowest BCUT2D eigenvalue weighted by Gasteiger charge is -2.13. The normalized spacial score (nSPS) is 12.8. The van der Waals surface area contributed by atoms with Gasteiger partial charge in [0.25, 0.3) is 0 Å². The second-order valence-electron chi connectivity index (χ2n) is 3.58. The third-order valence-corrected chi connectivity index (χ3v) is 2.50. The molecule has 0 radical (unpaired) electrons. The van der Waals surface area contributed by atoms with Crippen molar-refractivity contribution >= 4 is 0 Å². The molecule has 0 heterocycles. The molecule has 0 aromatic heterocycles. The summed E-state index contributed by atoms with van der Waals surface area (Å²) in [6.07, 6.45) is 2.32. The first-order chi connectivity index (χ1) is 6.26. The van der Waals surface area contributed by atoms with E-state index in [1.807, 2.05) is 7.05 Å². The minimum atomic E-state index is 0.614. The van der Waals surface area contributed by atoms with Crippen LogP contribution in [0.4, 0.5) is 0 Å². The Labute approximate surface area is 81.2 Å². The van der Waals surface area contributed by atoms with Crippen molar-refractivity contribution in [1.29, 1.82) is 0 Å². The number of rotatable bonds is 4. The van der Waals surface area contributed by atoms with Crippen LogP contribution in [0.1, 0.15) is 24.5 Å². The molecular formula is C12H19N. The van der Waals surface area contributed by atoms with Crippen molar-refractivity contribution in [3.05, 3.63) is 35.4 Å². The van der Waals surface area contributed by atoms with Gasteiger partial charge in [-0.3, -0.25) is 0 Å². The van der Waals surface area contributed by atoms with Crippen LogP contribution in [0.3, 0.4) is 0 Å². The van der Waals surface area contributed by atoms with Crippen molar-refractivity contribution in [3.63, 3.8) is 0 Å². The summed E-state index contributed by atoms with van der Waals surface area (Å²) < 4.78 is 0. The SMILES string of the molecule is CC[C@H](Cc1ccc(C)cc1)NC. The predicted octanol–water partition coefficient (Wildman–Crippen LogP) is 2.54. The second-order valence-corrected chi connectivity index (χ2v) is 3.58. The molecule has 1 aromatic carbocycles. The zero-order valence-electron chi connectivity index (χ0n) is 8.80. The van der Waals surface area contributed by atoms with E-state index in [1.165, 1.54) is 17.5 Å². The maximum Gasteiger partial charge on any atom is 0.0102 e. The van der Waals surface area contributed by atoms with Crippen molar-refractivity contribution in [2.45, 2.75) is 32.7 Å². The highest BCUT2D eigenvalue weighted by Gasteiger charge is 2.03. The van der Waals surface area contributed by atoms with E-state index in [0.29, 0.717) is 6.04 Å². The van der Waals surface area contributed by atoms with Gasteiger partial charge in [-0.05, 0) is 32.4 Å². The van der Waals surface area contributed by atoms with Crippen LogP contribution >= 0.6 is 0 Å². The van der Waals surface area contributed by atoms with Crippen LogP contribution < -0.4 is 5.32 Å². The van der Waals surface area contributed by atoms with Gasteiger partial charge in [-0.25, -0.2) is 0 Å². The third-order valence-electron chi connectivity index (χ3n) is 2.50. The average Bonchev–Trinajstić information content (AvgIpc) is 2.17. The van der Waals surface area contributed by atoms with Crippen LogP contribution in [0.25, 0.3) is 0 Å². The Balaban J connectivity index is 2.58. The molecule has 0 aliphatic heterocycles. The lowest BCUT2D eigenvalue weighted by molar-refractivity contribution is 0.543. The highest BCUT2D eigenvalue weighted by Crippen LogP contribution is 2.07. The molecule has 0 bridgehead atoms. The van der Waals surface area contributed by atoms with Gasteiger partial charge in [0, 0.05) is 6.04 Å². The first kappa shape index (κ1) is 10.3. The summed E-state index contributed by atoms with van der Waals surface area (Å²) in [5.41, 5.74) is 2.76. The maximum atomic E-state index is 3.31. The molecule has 0 saturated heterocycles. The van der Waals surface area contributed by atoms with Gasteiger partial charge in [-0.15, -0.1) is 0 Å². The van der Waals surface area contributed by atoms with Crippen molar-refractivity contribution in [2.24, 2.45) is 0 Å². The van der Waals surface area contributed by atoms with Crippen LogP contribution in [0.2, 0.25) is 0 Å². The second kappa shape index (κ2) is 5.03. The molecule has 0 saturated carbocycles. The number of benzene rings is 1. The molecule has 72 valence electrons. The van der Waals surface area contributed by atoms with Gasteiger partial charge in [0.2, 0.25) is 0 Å². The van der Waals surface area contributed by atoms with Crippen molar-refractivity contribution in [3.8, 4) is 0 Å². The molecule has 1 heteroatoms. The van der Waals surface area contributed by atoms with E-state index in [0.717, 1.165) is 6.42 Å². The molecule has 1 aromatic rings. The molecule has 0 spiro atoms. The molecule has 1 rings (SSSR count). The van der Waals surface area contributed by atoms with Crippen molar-refractivity contribution < 1.29 is 0 Å². The Morgan fingerprint density at radius 1 is 1.23 bits per heavy atom. The number of hydrogen-bond acceptors (Lipinski definition) is 1. The van der Waals surface area contributed by atoms with Gasteiger partial charge < -0.3 is 5.32 Å². The average molecular weight is 177 g/mol. The third kappa shape index (κ3) is 3.19. The topological polar surface area (TPSA) is 12.0 Å². The van der Waals surface area contributed by atoms with Crippen LogP contribution in [0.5, 0.6) is 0 Å². The number of likely N-dealkylation sites (N-methyl/N-ethyl adjacent to an activating group) is 1. The fourth-order valence-corrected chi connectivity index (χ4v) is 1.46. The quantitative estimate of drug-likeness (QED) is 0.745. The molecule has 1 N–H and O–H groups in total. The van der Waals surface area contributed by atoms with E-state index < -0.39 is 0 Å². The van der Waals surface area contributed by atoms with E-state index in [9.17, 15) is 0 Å². The Morgan fingerprint density at radius 2 is 1.85 bits per heavy atom. The van der Waals surface area contributed by atoms with Gasteiger partial charge in [0.15, 0.2) is 0 Å².